The zero-order chi connectivity index (χ0) is 17.2. The highest BCUT2D eigenvalue weighted by Crippen LogP contribution is 2.81. The van der Waals surface area contributed by atoms with Gasteiger partial charge in [0.15, 0.2) is 0 Å². The molecule has 25 heavy (non-hydrogen) atoms. The molecule has 2 aromatic carbocycles. The average molecular weight is 414 g/mol. The van der Waals surface area contributed by atoms with Crippen LogP contribution in [0.25, 0.3) is 10.8 Å². The molecule has 0 radical (unpaired) electrons. The molecular formula is C19H12Cl4O2. The zero-order valence-electron chi connectivity index (χ0n) is 12.9. The molecule has 0 unspecified atom stereocenters. The van der Waals surface area contributed by atoms with Gasteiger partial charge in [0.05, 0.1) is 23.3 Å². The molecule has 6 rings (SSSR count). The molecule has 1 aliphatic heterocycles. The maximum atomic E-state index is 7.26. The molecule has 2 fully saturated rings. The Balaban J connectivity index is 1.76. The number of ether oxygens (including phenoxy) is 2. The largest absolute Gasteiger partial charge is 0.344 e. The molecule has 1 saturated carbocycles. The van der Waals surface area contributed by atoms with Crippen LogP contribution in [0.3, 0.4) is 0 Å². The van der Waals surface area contributed by atoms with Crippen LogP contribution in [0.2, 0.25) is 0 Å². The number of hydrogen-bond donors (Lipinski definition) is 0. The van der Waals surface area contributed by atoms with Crippen molar-refractivity contribution in [2.24, 2.45) is 0 Å². The predicted octanol–water partition coefficient (Wildman–Crippen LogP) is 5.44. The number of alkyl halides is 2. The topological polar surface area (TPSA) is 18.5 Å². The minimum atomic E-state index is -1.25. The lowest BCUT2D eigenvalue weighted by Gasteiger charge is -2.39. The average Bonchev–Trinajstić information content (AvgIpc) is 3.31. The van der Waals surface area contributed by atoms with E-state index < -0.39 is 15.5 Å². The van der Waals surface area contributed by atoms with E-state index in [4.69, 9.17) is 55.9 Å². The number of rotatable bonds is 0. The van der Waals surface area contributed by atoms with Crippen LogP contribution in [0.4, 0.5) is 0 Å². The molecule has 128 valence electrons. The molecule has 4 atom stereocenters. The third-order valence-electron chi connectivity index (χ3n) is 6.31. The van der Waals surface area contributed by atoms with Crippen molar-refractivity contribution in [2.45, 2.75) is 27.4 Å². The quantitative estimate of drug-likeness (QED) is 0.535. The van der Waals surface area contributed by atoms with E-state index in [1.807, 2.05) is 12.1 Å². The van der Waals surface area contributed by atoms with Gasteiger partial charge in [-0.1, -0.05) is 59.6 Å². The Morgan fingerprint density at radius 1 is 0.800 bits per heavy atom. The van der Waals surface area contributed by atoms with Crippen LogP contribution in [-0.2, 0) is 9.47 Å². The first-order valence-corrected chi connectivity index (χ1v) is 9.73. The summed E-state index contributed by atoms with van der Waals surface area (Å²) in [5.74, 6) is -1.55. The standard InChI is InChI=1S/C19H12Cl4O2/c20-15-16(21)18(23)14-11-6-2-4-9-3-1-5-10(12(9)11)13(14)17(15,22)19(18)24-7-8-25-19/h1-6,13-14H,7-8H2/t13-,14-,17-,18-/m0/s1. The summed E-state index contributed by atoms with van der Waals surface area (Å²) in [5.41, 5.74) is 2.27. The van der Waals surface area contributed by atoms with Gasteiger partial charge in [0, 0.05) is 11.8 Å². The lowest BCUT2D eigenvalue weighted by Crippen LogP contribution is -2.55. The number of halogens is 4. The molecule has 3 aliphatic carbocycles. The molecule has 2 aromatic rings. The highest BCUT2D eigenvalue weighted by atomic mass is 35.5. The third-order valence-corrected chi connectivity index (χ3v) is 8.92. The van der Waals surface area contributed by atoms with E-state index in [2.05, 4.69) is 24.3 Å². The minimum absolute atomic E-state index is 0.152. The van der Waals surface area contributed by atoms with Crippen LogP contribution in [-0.4, -0.2) is 28.7 Å². The predicted molar refractivity (Wildman–Crippen MR) is 100.0 cm³/mol. The van der Waals surface area contributed by atoms with E-state index >= 15 is 0 Å². The first-order chi connectivity index (χ1) is 12.0. The van der Waals surface area contributed by atoms with Crippen LogP contribution in [0, 0.1) is 0 Å². The van der Waals surface area contributed by atoms with E-state index in [1.165, 1.54) is 10.8 Å². The maximum Gasteiger partial charge on any atom is 0.219 e. The fourth-order valence-electron chi connectivity index (χ4n) is 5.55. The highest BCUT2D eigenvalue weighted by molar-refractivity contribution is 6.52. The summed E-state index contributed by atoms with van der Waals surface area (Å²) < 4.78 is 12.2. The summed E-state index contributed by atoms with van der Waals surface area (Å²) in [6.45, 7) is 0.838. The molecule has 2 bridgehead atoms. The molecule has 1 saturated heterocycles. The number of benzene rings is 2. The summed E-state index contributed by atoms with van der Waals surface area (Å²) in [4.78, 5) is -2.27. The summed E-state index contributed by atoms with van der Waals surface area (Å²) in [7, 11) is 0. The normalized spacial score (nSPS) is 39.8. The molecule has 0 N–H and O–H groups in total. The van der Waals surface area contributed by atoms with Crippen molar-refractivity contribution in [3.63, 3.8) is 0 Å². The van der Waals surface area contributed by atoms with Gasteiger partial charge in [0.2, 0.25) is 5.79 Å². The summed E-state index contributed by atoms with van der Waals surface area (Å²) >= 11 is 27.9. The zero-order valence-corrected chi connectivity index (χ0v) is 15.9. The molecule has 1 spiro atoms. The Kier molecular flexibility index (Phi) is 2.80. The number of hydrogen-bond acceptors (Lipinski definition) is 2. The van der Waals surface area contributed by atoms with Gasteiger partial charge in [0.1, 0.15) is 9.75 Å². The van der Waals surface area contributed by atoms with E-state index in [9.17, 15) is 0 Å². The van der Waals surface area contributed by atoms with Crippen LogP contribution in [0.5, 0.6) is 0 Å². The first-order valence-electron chi connectivity index (χ1n) is 8.22. The van der Waals surface area contributed by atoms with Crippen LogP contribution in [0.15, 0.2) is 46.5 Å². The second kappa shape index (κ2) is 4.49. The van der Waals surface area contributed by atoms with E-state index in [1.54, 1.807) is 0 Å². The summed E-state index contributed by atoms with van der Waals surface area (Å²) in [6, 6.07) is 12.5. The Labute approximate surface area is 164 Å². The van der Waals surface area contributed by atoms with Gasteiger partial charge in [0.25, 0.3) is 0 Å². The van der Waals surface area contributed by atoms with E-state index in [0.717, 1.165) is 11.1 Å². The van der Waals surface area contributed by atoms with Gasteiger partial charge in [-0.2, -0.15) is 0 Å². The van der Waals surface area contributed by atoms with Crippen LogP contribution < -0.4 is 0 Å². The van der Waals surface area contributed by atoms with E-state index in [0.29, 0.717) is 23.3 Å². The van der Waals surface area contributed by atoms with Gasteiger partial charge in [-0.15, -0.1) is 23.2 Å². The number of fused-ring (bicyclic) bond motifs is 5. The van der Waals surface area contributed by atoms with Crippen molar-refractivity contribution in [3.05, 3.63) is 57.6 Å². The highest BCUT2D eigenvalue weighted by Gasteiger charge is 2.87. The van der Waals surface area contributed by atoms with Gasteiger partial charge >= 0.3 is 0 Å². The smallest absolute Gasteiger partial charge is 0.219 e. The second-order valence-corrected chi connectivity index (χ2v) is 9.06. The fourth-order valence-corrected chi connectivity index (χ4v) is 7.67. The SMILES string of the molecule is ClC1=C(Cl)[C@@]2(Cl)[C@H]3c4cccc5cccc(c45)[C@@H]3[C@@]1(Cl)C21OCCO1. The van der Waals surface area contributed by atoms with Gasteiger partial charge in [-0.05, 0) is 21.9 Å². The van der Waals surface area contributed by atoms with Crippen LogP contribution >= 0.6 is 46.4 Å². The Bertz CT molecular complexity index is 927. The molecule has 4 aliphatic rings. The summed E-state index contributed by atoms with van der Waals surface area (Å²) in [5, 5.41) is 3.05. The van der Waals surface area contributed by atoms with Crippen molar-refractivity contribution in [2.75, 3.05) is 13.2 Å². The molecule has 1 heterocycles. The van der Waals surface area contributed by atoms with E-state index in [-0.39, 0.29) is 11.8 Å². The van der Waals surface area contributed by atoms with Crippen molar-refractivity contribution in [1.29, 1.82) is 0 Å². The Morgan fingerprint density at radius 3 is 1.76 bits per heavy atom. The Morgan fingerprint density at radius 2 is 1.28 bits per heavy atom. The van der Waals surface area contributed by atoms with Crippen molar-refractivity contribution < 1.29 is 9.47 Å². The second-order valence-electron chi connectivity index (χ2n) is 7.11. The van der Waals surface area contributed by atoms with Gasteiger partial charge < -0.3 is 9.47 Å². The summed E-state index contributed by atoms with van der Waals surface area (Å²) in [6.07, 6.45) is 0. The van der Waals surface area contributed by atoms with Crippen molar-refractivity contribution >= 4 is 57.2 Å². The minimum Gasteiger partial charge on any atom is -0.344 e. The van der Waals surface area contributed by atoms with Crippen LogP contribution in [0.1, 0.15) is 23.0 Å². The molecule has 2 nitrogen and oxygen atoms in total. The van der Waals surface area contributed by atoms with Gasteiger partial charge in [-0.3, -0.25) is 0 Å². The fraction of sp³-hybridized carbons (Fsp3) is 0.368. The molecule has 6 heteroatoms. The van der Waals surface area contributed by atoms with Crippen molar-refractivity contribution in [3.8, 4) is 0 Å². The van der Waals surface area contributed by atoms with Crippen molar-refractivity contribution in [1.82, 2.24) is 0 Å². The monoisotopic (exact) mass is 412 g/mol. The third kappa shape index (κ3) is 1.33. The lowest BCUT2D eigenvalue weighted by atomic mass is 9.80. The Hall–Kier alpha value is -0.480. The lowest BCUT2D eigenvalue weighted by molar-refractivity contribution is -0.170. The molecule has 0 amide bonds. The molecule has 0 aromatic heterocycles. The maximum absolute atomic E-state index is 7.26. The molecular weight excluding hydrogens is 402 g/mol. The van der Waals surface area contributed by atoms with Gasteiger partial charge in [-0.25, -0.2) is 0 Å². The first kappa shape index (κ1) is 15.6.